The van der Waals surface area contributed by atoms with Gasteiger partial charge in [0.2, 0.25) is 0 Å². The summed E-state index contributed by atoms with van der Waals surface area (Å²) in [7, 11) is -4.20. The van der Waals surface area contributed by atoms with E-state index in [4.69, 9.17) is 10.3 Å². The second-order valence-electron chi connectivity index (χ2n) is 1.17. The number of nitrogens with one attached hydrogen (secondary N) is 1. The molecule has 0 aromatic rings. The van der Waals surface area contributed by atoms with Crippen LogP contribution in [0, 0.1) is 0 Å². The lowest BCUT2D eigenvalue weighted by molar-refractivity contribution is 0.475. The Morgan fingerprint density at radius 3 is 2.12 bits per heavy atom. The average molecular weight is 136 g/mol. The molecule has 0 aromatic carbocycles. The highest BCUT2D eigenvalue weighted by Gasteiger charge is 2.12. The van der Waals surface area contributed by atoms with E-state index in [0.717, 1.165) is 6.08 Å². The van der Waals surface area contributed by atoms with Gasteiger partial charge in [-0.05, 0) is 0 Å². The fraction of sp³-hybridized carbons (Fsp3) is 0.333. The second kappa shape index (κ2) is 2.25. The summed E-state index contributed by atoms with van der Waals surface area (Å²) < 4.78 is 27.7. The molecular weight excluding hydrogens is 130 g/mol. The molecule has 0 spiro atoms. The van der Waals surface area contributed by atoms with E-state index in [2.05, 4.69) is 6.58 Å². The SMILES string of the molecule is C=CC([NH])S(=O)(=O)O. The third-order valence-electron chi connectivity index (χ3n) is 0.535. The minimum Gasteiger partial charge on any atom is -0.284 e. The van der Waals surface area contributed by atoms with E-state index in [1.807, 2.05) is 0 Å². The van der Waals surface area contributed by atoms with Gasteiger partial charge in [0.25, 0.3) is 10.1 Å². The Morgan fingerprint density at radius 2 is 2.12 bits per heavy atom. The first-order valence-corrected chi connectivity index (χ1v) is 3.29. The zero-order chi connectivity index (χ0) is 6.78. The Balaban J connectivity index is 4.26. The first kappa shape index (κ1) is 7.61. The molecule has 0 aromatic heterocycles. The first-order chi connectivity index (χ1) is 3.48. The van der Waals surface area contributed by atoms with Gasteiger partial charge in [0.05, 0.1) is 0 Å². The molecule has 47 valence electrons. The standard InChI is InChI=1S/C3H6NO3S/c1-2-3(4)8(5,6)7/h2-4H,1H2,(H,5,6,7). The Morgan fingerprint density at radius 1 is 1.75 bits per heavy atom. The summed E-state index contributed by atoms with van der Waals surface area (Å²) in [6.45, 7) is 3.00. The van der Waals surface area contributed by atoms with Gasteiger partial charge in [-0.15, -0.1) is 6.58 Å². The Kier molecular flexibility index (Phi) is 2.14. The van der Waals surface area contributed by atoms with Crippen molar-refractivity contribution in [1.82, 2.24) is 5.73 Å². The van der Waals surface area contributed by atoms with Crippen molar-refractivity contribution in [2.45, 2.75) is 5.37 Å². The van der Waals surface area contributed by atoms with Crippen molar-refractivity contribution in [1.29, 1.82) is 0 Å². The van der Waals surface area contributed by atoms with E-state index in [9.17, 15) is 8.42 Å². The molecule has 2 N–H and O–H groups in total. The molecule has 0 aliphatic heterocycles. The number of rotatable bonds is 2. The van der Waals surface area contributed by atoms with Crippen LogP contribution in [-0.2, 0) is 10.1 Å². The maximum atomic E-state index is 9.86. The largest absolute Gasteiger partial charge is 0.286 e. The van der Waals surface area contributed by atoms with Gasteiger partial charge >= 0.3 is 0 Å². The number of hydrogen-bond acceptors (Lipinski definition) is 2. The van der Waals surface area contributed by atoms with Gasteiger partial charge in [-0.1, -0.05) is 6.08 Å². The van der Waals surface area contributed by atoms with Crippen molar-refractivity contribution >= 4 is 10.1 Å². The van der Waals surface area contributed by atoms with Crippen LogP contribution in [0.15, 0.2) is 12.7 Å². The lowest BCUT2D eigenvalue weighted by atomic mass is 10.7. The van der Waals surface area contributed by atoms with Crippen LogP contribution in [0.5, 0.6) is 0 Å². The fourth-order valence-electron chi connectivity index (χ4n) is 0.122. The summed E-state index contributed by atoms with van der Waals surface area (Å²) in [5.74, 6) is 0. The van der Waals surface area contributed by atoms with Crippen LogP contribution < -0.4 is 5.73 Å². The van der Waals surface area contributed by atoms with Crippen molar-refractivity contribution in [2.75, 3.05) is 0 Å². The highest BCUT2D eigenvalue weighted by atomic mass is 32.2. The third-order valence-corrected chi connectivity index (χ3v) is 1.37. The van der Waals surface area contributed by atoms with E-state index in [1.54, 1.807) is 0 Å². The van der Waals surface area contributed by atoms with Crippen LogP contribution in [-0.4, -0.2) is 18.3 Å². The molecule has 0 saturated carbocycles. The molecule has 4 nitrogen and oxygen atoms in total. The summed E-state index contributed by atoms with van der Waals surface area (Å²) in [5, 5.41) is -1.61. The van der Waals surface area contributed by atoms with Crippen LogP contribution in [0.1, 0.15) is 0 Å². The predicted molar refractivity (Wildman–Crippen MR) is 28.6 cm³/mol. The zero-order valence-electron chi connectivity index (χ0n) is 4.03. The predicted octanol–water partition coefficient (Wildman–Crippen LogP) is -0.331. The maximum absolute atomic E-state index is 9.86. The Labute approximate surface area is 47.7 Å². The van der Waals surface area contributed by atoms with Crippen molar-refractivity contribution in [3.05, 3.63) is 12.7 Å². The lowest BCUT2D eigenvalue weighted by Gasteiger charge is -1.96. The van der Waals surface area contributed by atoms with Gasteiger partial charge < -0.3 is 0 Å². The molecule has 1 radical (unpaired) electrons. The van der Waals surface area contributed by atoms with Gasteiger partial charge in [-0.25, -0.2) is 5.73 Å². The van der Waals surface area contributed by atoms with Crippen LogP contribution in [0.4, 0.5) is 0 Å². The van der Waals surface area contributed by atoms with Crippen LogP contribution >= 0.6 is 0 Å². The third kappa shape index (κ3) is 2.06. The summed E-state index contributed by atoms with van der Waals surface area (Å²) in [6, 6.07) is 0. The molecule has 0 bridgehead atoms. The van der Waals surface area contributed by atoms with Gasteiger partial charge in [0.15, 0.2) is 5.37 Å². The molecule has 0 amide bonds. The molecular formula is C3H6NO3S. The van der Waals surface area contributed by atoms with E-state index in [1.165, 1.54) is 0 Å². The van der Waals surface area contributed by atoms with Crippen molar-refractivity contribution in [3.8, 4) is 0 Å². The molecule has 0 aliphatic carbocycles. The van der Waals surface area contributed by atoms with E-state index in [0.29, 0.717) is 0 Å². The van der Waals surface area contributed by atoms with Crippen molar-refractivity contribution in [2.24, 2.45) is 0 Å². The van der Waals surface area contributed by atoms with Gasteiger partial charge in [0.1, 0.15) is 0 Å². The molecule has 5 heteroatoms. The van der Waals surface area contributed by atoms with Crippen LogP contribution in [0.3, 0.4) is 0 Å². The van der Waals surface area contributed by atoms with Gasteiger partial charge in [-0.3, -0.25) is 4.55 Å². The molecule has 0 fully saturated rings. The summed E-state index contributed by atoms with van der Waals surface area (Å²) >= 11 is 0. The first-order valence-electron chi connectivity index (χ1n) is 1.78. The zero-order valence-corrected chi connectivity index (χ0v) is 4.85. The molecule has 0 aliphatic rings. The minimum atomic E-state index is -4.20. The summed E-state index contributed by atoms with van der Waals surface area (Å²) in [5.41, 5.74) is 6.52. The molecule has 8 heavy (non-hydrogen) atoms. The molecule has 1 unspecified atom stereocenters. The van der Waals surface area contributed by atoms with Crippen LogP contribution in [0.25, 0.3) is 0 Å². The van der Waals surface area contributed by atoms with Gasteiger partial charge in [-0.2, -0.15) is 8.42 Å². The van der Waals surface area contributed by atoms with Crippen molar-refractivity contribution < 1.29 is 13.0 Å². The number of hydrogen-bond donors (Lipinski definition) is 1. The smallest absolute Gasteiger partial charge is 0.284 e. The maximum Gasteiger partial charge on any atom is 0.286 e. The molecule has 0 rings (SSSR count). The van der Waals surface area contributed by atoms with E-state index < -0.39 is 15.5 Å². The van der Waals surface area contributed by atoms with E-state index >= 15 is 0 Å². The quantitative estimate of drug-likeness (QED) is 0.417. The van der Waals surface area contributed by atoms with E-state index in [-0.39, 0.29) is 0 Å². The second-order valence-corrected chi connectivity index (χ2v) is 2.71. The topological polar surface area (TPSA) is 78.2 Å². The van der Waals surface area contributed by atoms with Crippen LogP contribution in [0.2, 0.25) is 0 Å². The normalized spacial score (nSPS) is 15.2. The highest BCUT2D eigenvalue weighted by Crippen LogP contribution is 1.90. The summed E-state index contributed by atoms with van der Waals surface area (Å²) in [6.07, 6.45) is 0.829. The monoisotopic (exact) mass is 136 g/mol. The average Bonchev–Trinajstić information content (AvgIpc) is 1.62. The minimum absolute atomic E-state index is 0.829. The van der Waals surface area contributed by atoms with Crippen molar-refractivity contribution in [3.63, 3.8) is 0 Å². The Bertz CT molecular complexity index is 171. The Hall–Kier alpha value is -0.390. The molecule has 1 atom stereocenters. The lowest BCUT2D eigenvalue weighted by Crippen LogP contribution is -2.17. The highest BCUT2D eigenvalue weighted by molar-refractivity contribution is 7.86. The fourth-order valence-corrected chi connectivity index (χ4v) is 0.365. The summed E-state index contributed by atoms with van der Waals surface area (Å²) in [4.78, 5) is 0. The van der Waals surface area contributed by atoms with Gasteiger partial charge in [0, 0.05) is 0 Å². The molecule has 0 heterocycles. The molecule has 0 saturated heterocycles.